The van der Waals surface area contributed by atoms with Crippen LogP contribution in [0.1, 0.15) is 57.8 Å². The van der Waals surface area contributed by atoms with E-state index in [1.54, 1.807) is 31.0 Å². The van der Waals surface area contributed by atoms with Crippen molar-refractivity contribution in [1.29, 1.82) is 0 Å². The van der Waals surface area contributed by atoms with Crippen LogP contribution in [0.4, 0.5) is 13.2 Å². The minimum atomic E-state index is -4.23. The smallest absolute Gasteiger partial charge is 0.359 e. The number of rotatable bonds is 6. The van der Waals surface area contributed by atoms with E-state index in [0.717, 1.165) is 11.1 Å². The van der Waals surface area contributed by atoms with Gasteiger partial charge in [0, 0.05) is 49.2 Å². The predicted octanol–water partition coefficient (Wildman–Crippen LogP) is 3.29. The normalized spacial score (nSPS) is 14.6. The predicted molar refractivity (Wildman–Crippen MR) is 104 cm³/mol. The van der Waals surface area contributed by atoms with Gasteiger partial charge in [-0.05, 0) is 37.5 Å². The third-order valence-corrected chi connectivity index (χ3v) is 5.37. The van der Waals surface area contributed by atoms with Crippen LogP contribution >= 0.6 is 0 Å². The second-order valence-corrected chi connectivity index (χ2v) is 7.39. The van der Waals surface area contributed by atoms with Gasteiger partial charge in [0.25, 0.3) is 5.91 Å². The topological polar surface area (TPSA) is 75.2 Å². The number of amides is 2. The summed E-state index contributed by atoms with van der Waals surface area (Å²) in [6.45, 7) is 3.88. The Hall–Kier alpha value is -2.97. The van der Waals surface area contributed by atoms with Crippen molar-refractivity contribution in [2.24, 2.45) is 0 Å². The Labute approximate surface area is 172 Å². The lowest BCUT2D eigenvalue weighted by Crippen LogP contribution is -2.27. The summed E-state index contributed by atoms with van der Waals surface area (Å²) in [5.74, 6) is -0.360. The van der Waals surface area contributed by atoms with Crippen LogP contribution in [0.2, 0.25) is 0 Å². The number of nitrogens with zero attached hydrogens (tertiary/aromatic N) is 3. The Kier molecular flexibility index (Phi) is 6.09. The van der Waals surface area contributed by atoms with E-state index in [2.05, 4.69) is 15.3 Å². The molecule has 0 aliphatic carbocycles. The van der Waals surface area contributed by atoms with E-state index < -0.39 is 12.6 Å². The highest BCUT2D eigenvalue weighted by atomic mass is 19.4. The van der Waals surface area contributed by atoms with Gasteiger partial charge in [-0.3, -0.25) is 19.6 Å². The molecule has 0 aromatic carbocycles. The largest absolute Gasteiger partial charge is 0.389 e. The molecule has 1 aliphatic rings. The first-order valence-corrected chi connectivity index (χ1v) is 9.61. The lowest BCUT2D eigenvalue weighted by molar-refractivity contribution is -0.134. The fourth-order valence-corrected chi connectivity index (χ4v) is 3.57. The zero-order valence-electron chi connectivity index (χ0n) is 17.0. The molecule has 1 atom stereocenters. The first-order valence-electron chi connectivity index (χ1n) is 9.61. The second-order valence-electron chi connectivity index (χ2n) is 7.39. The molecule has 0 saturated carbocycles. The summed E-state index contributed by atoms with van der Waals surface area (Å²) in [7, 11) is 1.54. The molecule has 160 valence electrons. The lowest BCUT2D eigenvalue weighted by atomic mass is 10.0. The molecule has 3 heterocycles. The Bertz CT molecular complexity index is 975. The molecular formula is C21H23F3N4O2. The number of pyridine rings is 2. The van der Waals surface area contributed by atoms with Gasteiger partial charge in [0.15, 0.2) is 0 Å². The number of aryl methyl sites for hydroxylation is 2. The van der Waals surface area contributed by atoms with Gasteiger partial charge in [0.2, 0.25) is 5.91 Å². The van der Waals surface area contributed by atoms with E-state index in [1.807, 2.05) is 6.92 Å². The highest BCUT2D eigenvalue weighted by molar-refractivity contribution is 5.99. The van der Waals surface area contributed by atoms with Gasteiger partial charge in [-0.1, -0.05) is 6.07 Å². The number of likely N-dealkylation sites (N-methyl/N-ethyl adjacent to an activating group) is 1. The number of fused-ring (bicyclic) bond motifs is 1. The van der Waals surface area contributed by atoms with E-state index in [1.165, 1.54) is 12.4 Å². The lowest BCUT2D eigenvalue weighted by Gasteiger charge is -2.25. The highest BCUT2D eigenvalue weighted by Gasteiger charge is 2.34. The van der Waals surface area contributed by atoms with Crippen LogP contribution in [0.5, 0.6) is 0 Å². The number of carbonyl (C=O) groups excluding carboxylic acids is 2. The maximum Gasteiger partial charge on any atom is 0.389 e. The standard InChI is InChI=1S/C21H23F3N4O2/c1-12-8-14(10-27-17(12)4-6-21(22,23)24)13(2)28-11-16-15(20(28)30)5-7-26-18(16)9-19(29)25-3/h5,7-8,10,13H,4,6,9,11H2,1-3H3,(H,25,29). The summed E-state index contributed by atoms with van der Waals surface area (Å²) in [6.07, 6.45) is -2.19. The van der Waals surface area contributed by atoms with Gasteiger partial charge in [0.05, 0.1) is 18.2 Å². The van der Waals surface area contributed by atoms with Crippen LogP contribution in [0.25, 0.3) is 0 Å². The molecule has 0 saturated heterocycles. The minimum absolute atomic E-state index is 0.0870. The van der Waals surface area contributed by atoms with Crippen LogP contribution in [0.15, 0.2) is 24.5 Å². The van der Waals surface area contributed by atoms with E-state index in [9.17, 15) is 22.8 Å². The van der Waals surface area contributed by atoms with E-state index in [-0.39, 0.29) is 30.7 Å². The molecule has 0 bridgehead atoms. The van der Waals surface area contributed by atoms with Crippen molar-refractivity contribution in [1.82, 2.24) is 20.2 Å². The summed E-state index contributed by atoms with van der Waals surface area (Å²) >= 11 is 0. The van der Waals surface area contributed by atoms with Gasteiger partial charge in [0.1, 0.15) is 0 Å². The molecule has 9 heteroatoms. The molecule has 2 aromatic rings. The quantitative estimate of drug-likeness (QED) is 0.778. The number of nitrogens with one attached hydrogen (secondary N) is 1. The summed E-state index contributed by atoms with van der Waals surface area (Å²) in [5.41, 5.74) is 3.61. The molecule has 3 rings (SSSR count). The zero-order chi connectivity index (χ0) is 22.1. The first kappa shape index (κ1) is 21.7. The molecular weight excluding hydrogens is 397 g/mol. The average molecular weight is 420 g/mol. The molecule has 1 aliphatic heterocycles. The molecule has 1 unspecified atom stereocenters. The van der Waals surface area contributed by atoms with Crippen molar-refractivity contribution in [2.75, 3.05) is 7.05 Å². The van der Waals surface area contributed by atoms with E-state index in [4.69, 9.17) is 0 Å². The van der Waals surface area contributed by atoms with Crippen LogP contribution < -0.4 is 5.32 Å². The minimum Gasteiger partial charge on any atom is -0.359 e. The van der Waals surface area contributed by atoms with Crippen molar-refractivity contribution in [3.05, 3.63) is 58.2 Å². The number of alkyl halides is 3. The SMILES string of the molecule is CNC(=O)Cc1nccc2c1CN(C(C)c1cnc(CCC(F)(F)F)c(C)c1)C2=O. The Morgan fingerprint density at radius 3 is 2.67 bits per heavy atom. The Balaban J connectivity index is 1.80. The van der Waals surface area contributed by atoms with Crippen molar-refractivity contribution in [2.45, 2.75) is 51.9 Å². The summed E-state index contributed by atoms with van der Waals surface area (Å²) in [6, 6.07) is 3.09. The molecule has 1 N–H and O–H groups in total. The third kappa shape index (κ3) is 4.60. The van der Waals surface area contributed by atoms with Crippen molar-refractivity contribution in [3.63, 3.8) is 0 Å². The number of aromatic nitrogens is 2. The fourth-order valence-electron chi connectivity index (χ4n) is 3.57. The first-order chi connectivity index (χ1) is 14.1. The van der Waals surface area contributed by atoms with Crippen molar-refractivity contribution in [3.8, 4) is 0 Å². The number of halogens is 3. The maximum atomic E-state index is 12.9. The van der Waals surface area contributed by atoms with Crippen LogP contribution in [-0.2, 0) is 24.2 Å². The van der Waals surface area contributed by atoms with Crippen LogP contribution in [0, 0.1) is 6.92 Å². The van der Waals surface area contributed by atoms with Crippen molar-refractivity contribution < 1.29 is 22.8 Å². The number of carbonyl (C=O) groups is 2. The highest BCUT2D eigenvalue weighted by Crippen LogP contribution is 2.33. The van der Waals surface area contributed by atoms with Gasteiger partial charge < -0.3 is 10.2 Å². The second kappa shape index (κ2) is 8.41. The summed E-state index contributed by atoms with van der Waals surface area (Å²) in [5, 5.41) is 2.55. The molecule has 2 amide bonds. The summed E-state index contributed by atoms with van der Waals surface area (Å²) in [4.78, 5) is 34.8. The molecule has 30 heavy (non-hydrogen) atoms. The van der Waals surface area contributed by atoms with Crippen molar-refractivity contribution >= 4 is 11.8 Å². The van der Waals surface area contributed by atoms with E-state index >= 15 is 0 Å². The molecule has 0 radical (unpaired) electrons. The molecule has 0 spiro atoms. The Morgan fingerprint density at radius 2 is 2.03 bits per heavy atom. The number of hydrogen-bond donors (Lipinski definition) is 1. The maximum absolute atomic E-state index is 12.9. The molecule has 6 nitrogen and oxygen atoms in total. The van der Waals surface area contributed by atoms with Crippen LogP contribution in [-0.4, -0.2) is 39.9 Å². The Morgan fingerprint density at radius 1 is 1.30 bits per heavy atom. The molecule has 2 aromatic heterocycles. The van der Waals surface area contributed by atoms with Gasteiger partial charge in [-0.25, -0.2) is 0 Å². The van der Waals surface area contributed by atoms with Gasteiger partial charge >= 0.3 is 6.18 Å². The zero-order valence-corrected chi connectivity index (χ0v) is 17.0. The van der Waals surface area contributed by atoms with Gasteiger partial charge in [-0.15, -0.1) is 0 Å². The number of hydrogen-bond acceptors (Lipinski definition) is 4. The van der Waals surface area contributed by atoms with Crippen LogP contribution in [0.3, 0.4) is 0 Å². The monoisotopic (exact) mass is 420 g/mol. The molecule has 0 fully saturated rings. The van der Waals surface area contributed by atoms with Gasteiger partial charge in [-0.2, -0.15) is 13.2 Å². The average Bonchev–Trinajstić information content (AvgIpc) is 3.03. The fraction of sp³-hybridized carbons (Fsp3) is 0.429. The third-order valence-electron chi connectivity index (χ3n) is 5.37. The van der Waals surface area contributed by atoms with E-state index in [0.29, 0.717) is 29.1 Å². The summed E-state index contributed by atoms with van der Waals surface area (Å²) < 4.78 is 37.5.